The topological polar surface area (TPSA) is 15.3 Å². The molecule has 2 nitrogen and oxygen atoms in total. The second kappa shape index (κ2) is 4.78. The van der Waals surface area contributed by atoms with Crippen LogP contribution < -0.4 is 5.32 Å². The SMILES string of the molecule is CN1CCCC(Nc2cc(F)ccc2F)C1. The Morgan fingerprint density at radius 2 is 2.19 bits per heavy atom. The van der Waals surface area contributed by atoms with Crippen molar-refractivity contribution >= 4 is 5.69 Å². The summed E-state index contributed by atoms with van der Waals surface area (Å²) in [5.74, 6) is -0.803. The van der Waals surface area contributed by atoms with E-state index in [1.807, 2.05) is 7.05 Å². The van der Waals surface area contributed by atoms with Gasteiger partial charge in [-0.2, -0.15) is 0 Å². The molecule has 1 atom stereocenters. The number of rotatable bonds is 2. The molecule has 1 aromatic carbocycles. The Hall–Kier alpha value is -1.16. The molecule has 0 saturated carbocycles. The third-order valence-electron chi connectivity index (χ3n) is 2.91. The molecule has 0 aromatic heterocycles. The van der Waals surface area contributed by atoms with Gasteiger partial charge in [0.25, 0.3) is 0 Å². The van der Waals surface area contributed by atoms with Gasteiger partial charge in [0.15, 0.2) is 0 Å². The predicted molar refractivity (Wildman–Crippen MR) is 60.5 cm³/mol. The maximum absolute atomic E-state index is 13.4. The van der Waals surface area contributed by atoms with Crippen molar-refractivity contribution in [3.05, 3.63) is 29.8 Å². The summed E-state index contributed by atoms with van der Waals surface area (Å²) in [5, 5.41) is 3.06. The molecule has 1 aliphatic rings. The molecule has 0 aliphatic carbocycles. The monoisotopic (exact) mass is 226 g/mol. The van der Waals surface area contributed by atoms with Crippen molar-refractivity contribution in [2.75, 3.05) is 25.5 Å². The van der Waals surface area contributed by atoms with Crippen LogP contribution in [0.1, 0.15) is 12.8 Å². The molecule has 0 spiro atoms. The molecular formula is C12H16F2N2. The molecule has 1 aromatic rings. The highest BCUT2D eigenvalue weighted by Crippen LogP contribution is 2.19. The number of nitrogens with zero attached hydrogens (tertiary/aromatic N) is 1. The predicted octanol–water partition coefficient (Wildman–Crippen LogP) is 2.47. The van der Waals surface area contributed by atoms with Crippen molar-refractivity contribution in [2.24, 2.45) is 0 Å². The molecule has 0 amide bonds. The van der Waals surface area contributed by atoms with Gasteiger partial charge in [0.05, 0.1) is 5.69 Å². The minimum Gasteiger partial charge on any atom is -0.379 e. The van der Waals surface area contributed by atoms with Gasteiger partial charge in [-0.15, -0.1) is 0 Å². The maximum atomic E-state index is 13.4. The van der Waals surface area contributed by atoms with E-state index in [0.717, 1.165) is 38.1 Å². The fourth-order valence-corrected chi connectivity index (χ4v) is 2.11. The van der Waals surface area contributed by atoms with Crippen LogP contribution in [0.4, 0.5) is 14.5 Å². The smallest absolute Gasteiger partial charge is 0.146 e. The first-order chi connectivity index (χ1) is 7.65. The zero-order chi connectivity index (χ0) is 11.5. The molecule has 4 heteroatoms. The second-order valence-electron chi connectivity index (χ2n) is 4.37. The van der Waals surface area contributed by atoms with Gasteiger partial charge in [0.1, 0.15) is 11.6 Å². The first-order valence-corrected chi connectivity index (χ1v) is 5.55. The minimum atomic E-state index is -0.409. The van der Waals surface area contributed by atoms with Gasteiger partial charge in [0, 0.05) is 12.6 Å². The highest BCUT2D eigenvalue weighted by molar-refractivity contribution is 5.45. The average Bonchev–Trinajstić information content (AvgIpc) is 2.24. The molecule has 1 N–H and O–H groups in total. The van der Waals surface area contributed by atoms with Crippen LogP contribution in [0, 0.1) is 11.6 Å². The fourth-order valence-electron chi connectivity index (χ4n) is 2.11. The Labute approximate surface area is 94.3 Å². The molecule has 0 radical (unpaired) electrons. The van der Waals surface area contributed by atoms with E-state index in [9.17, 15) is 8.78 Å². The lowest BCUT2D eigenvalue weighted by molar-refractivity contribution is 0.260. The van der Waals surface area contributed by atoms with Gasteiger partial charge >= 0.3 is 0 Å². The standard InChI is InChI=1S/C12H16F2N2/c1-16-6-2-3-10(8-16)15-12-7-9(13)4-5-11(12)14/h4-5,7,10,15H,2-3,6,8H2,1H3. The second-order valence-corrected chi connectivity index (χ2v) is 4.37. The van der Waals surface area contributed by atoms with E-state index in [1.54, 1.807) is 0 Å². The summed E-state index contributed by atoms with van der Waals surface area (Å²) in [6.07, 6.45) is 2.09. The molecule has 1 unspecified atom stereocenters. The van der Waals surface area contributed by atoms with Gasteiger partial charge < -0.3 is 10.2 Å². The van der Waals surface area contributed by atoms with Crippen molar-refractivity contribution in [2.45, 2.75) is 18.9 Å². The third kappa shape index (κ3) is 2.70. The van der Waals surface area contributed by atoms with Crippen LogP contribution in [-0.4, -0.2) is 31.1 Å². The van der Waals surface area contributed by atoms with Gasteiger partial charge in [-0.1, -0.05) is 0 Å². The Morgan fingerprint density at radius 1 is 1.38 bits per heavy atom. The summed E-state index contributed by atoms with van der Waals surface area (Å²) in [4.78, 5) is 2.19. The number of likely N-dealkylation sites (tertiary alicyclic amines) is 1. The first-order valence-electron chi connectivity index (χ1n) is 5.55. The van der Waals surface area contributed by atoms with Gasteiger partial charge in [0.2, 0.25) is 0 Å². The van der Waals surface area contributed by atoms with Crippen LogP contribution >= 0.6 is 0 Å². The highest BCUT2D eigenvalue weighted by Gasteiger charge is 2.18. The van der Waals surface area contributed by atoms with E-state index in [4.69, 9.17) is 0 Å². The number of piperidine rings is 1. The van der Waals surface area contributed by atoms with Crippen LogP contribution in [-0.2, 0) is 0 Å². The molecule has 1 fully saturated rings. The Bertz CT molecular complexity index is 368. The molecule has 1 saturated heterocycles. The first kappa shape index (κ1) is 11.3. The number of anilines is 1. The average molecular weight is 226 g/mol. The van der Waals surface area contributed by atoms with Crippen molar-refractivity contribution in [3.8, 4) is 0 Å². The van der Waals surface area contributed by atoms with Crippen LogP contribution in [0.15, 0.2) is 18.2 Å². The molecular weight excluding hydrogens is 210 g/mol. The van der Waals surface area contributed by atoms with E-state index >= 15 is 0 Å². The normalized spacial score (nSPS) is 22.1. The molecule has 0 bridgehead atoms. The lowest BCUT2D eigenvalue weighted by atomic mass is 10.1. The Balaban J connectivity index is 2.05. The maximum Gasteiger partial charge on any atom is 0.146 e. The fraction of sp³-hybridized carbons (Fsp3) is 0.500. The lowest BCUT2D eigenvalue weighted by Gasteiger charge is -2.30. The minimum absolute atomic E-state index is 0.204. The van der Waals surface area contributed by atoms with Crippen molar-refractivity contribution in [1.82, 2.24) is 4.90 Å². The quantitative estimate of drug-likeness (QED) is 0.833. The van der Waals surface area contributed by atoms with Crippen LogP contribution in [0.2, 0.25) is 0 Å². The van der Waals surface area contributed by atoms with Gasteiger partial charge in [-0.25, -0.2) is 8.78 Å². The van der Waals surface area contributed by atoms with Gasteiger partial charge in [-0.05, 0) is 44.6 Å². The van der Waals surface area contributed by atoms with E-state index in [2.05, 4.69) is 10.2 Å². The van der Waals surface area contributed by atoms with Crippen molar-refractivity contribution < 1.29 is 8.78 Å². The van der Waals surface area contributed by atoms with E-state index < -0.39 is 11.6 Å². The molecule has 1 aliphatic heterocycles. The van der Waals surface area contributed by atoms with E-state index in [0.29, 0.717) is 0 Å². The number of likely N-dealkylation sites (N-methyl/N-ethyl adjacent to an activating group) is 1. The number of hydrogen-bond acceptors (Lipinski definition) is 2. The van der Waals surface area contributed by atoms with Gasteiger partial charge in [-0.3, -0.25) is 0 Å². The number of benzene rings is 1. The number of nitrogens with one attached hydrogen (secondary N) is 1. The zero-order valence-electron chi connectivity index (χ0n) is 9.34. The van der Waals surface area contributed by atoms with Crippen LogP contribution in [0.25, 0.3) is 0 Å². The van der Waals surface area contributed by atoms with E-state index in [1.165, 1.54) is 6.07 Å². The van der Waals surface area contributed by atoms with Crippen molar-refractivity contribution in [3.63, 3.8) is 0 Å². The summed E-state index contributed by atoms with van der Waals surface area (Å²) in [7, 11) is 2.04. The molecule has 2 rings (SSSR count). The number of hydrogen-bond donors (Lipinski definition) is 1. The Morgan fingerprint density at radius 3 is 2.94 bits per heavy atom. The molecule has 16 heavy (non-hydrogen) atoms. The van der Waals surface area contributed by atoms with Crippen molar-refractivity contribution in [1.29, 1.82) is 0 Å². The summed E-state index contributed by atoms with van der Waals surface area (Å²) in [5.41, 5.74) is 0.264. The van der Waals surface area contributed by atoms with Crippen LogP contribution in [0.5, 0.6) is 0 Å². The summed E-state index contributed by atoms with van der Waals surface area (Å²) < 4.78 is 26.3. The summed E-state index contributed by atoms with van der Waals surface area (Å²) in [6, 6.07) is 3.71. The molecule has 1 heterocycles. The molecule has 88 valence electrons. The number of halogens is 2. The highest BCUT2D eigenvalue weighted by atomic mass is 19.1. The van der Waals surface area contributed by atoms with E-state index in [-0.39, 0.29) is 11.7 Å². The summed E-state index contributed by atoms with van der Waals surface area (Å²) in [6.45, 7) is 1.94. The zero-order valence-corrected chi connectivity index (χ0v) is 9.34. The Kier molecular flexibility index (Phi) is 3.39. The summed E-state index contributed by atoms with van der Waals surface area (Å²) >= 11 is 0. The lowest BCUT2D eigenvalue weighted by Crippen LogP contribution is -2.39. The third-order valence-corrected chi connectivity index (χ3v) is 2.91. The van der Waals surface area contributed by atoms with Crippen LogP contribution in [0.3, 0.4) is 0 Å². The largest absolute Gasteiger partial charge is 0.379 e.